The molecular weight excluding hydrogens is 403 g/mol. The number of hydrogen-bond donors (Lipinski definition) is 1. The van der Waals surface area contributed by atoms with E-state index in [2.05, 4.69) is 28.2 Å². The average Bonchev–Trinajstić information content (AvgIpc) is 3.33. The van der Waals surface area contributed by atoms with E-state index in [4.69, 9.17) is 23.2 Å². The lowest BCUT2D eigenvalue weighted by Crippen LogP contribution is -2.04. The highest BCUT2D eigenvalue weighted by Crippen LogP contribution is 2.34. The van der Waals surface area contributed by atoms with Crippen LogP contribution in [0.15, 0.2) is 54.6 Å². The van der Waals surface area contributed by atoms with Crippen molar-refractivity contribution in [1.29, 1.82) is 0 Å². The third-order valence-electron chi connectivity index (χ3n) is 5.53. The maximum atomic E-state index is 12.9. The summed E-state index contributed by atoms with van der Waals surface area (Å²) in [5.74, 6) is 0.690. The van der Waals surface area contributed by atoms with E-state index in [1.54, 1.807) is 18.2 Å². The number of H-pyrrole nitrogens is 1. The Bertz CT molecular complexity index is 1240. The SMILES string of the molecule is O=C(Cc1ccc2c(c1)CCC2)c1ccc2nc(-c3c(Cl)cccc3Cl)[nH]c2c1. The van der Waals surface area contributed by atoms with Gasteiger partial charge in [-0.1, -0.05) is 47.5 Å². The van der Waals surface area contributed by atoms with Crippen LogP contribution in [0.25, 0.3) is 22.4 Å². The Morgan fingerprint density at radius 1 is 0.966 bits per heavy atom. The summed E-state index contributed by atoms with van der Waals surface area (Å²) in [4.78, 5) is 20.7. The normalized spacial score (nSPS) is 13.0. The third-order valence-corrected chi connectivity index (χ3v) is 6.16. The predicted molar refractivity (Wildman–Crippen MR) is 118 cm³/mol. The summed E-state index contributed by atoms with van der Waals surface area (Å²) in [6.07, 6.45) is 3.87. The lowest BCUT2D eigenvalue weighted by atomic mass is 9.99. The van der Waals surface area contributed by atoms with E-state index in [0.29, 0.717) is 33.4 Å². The molecule has 0 atom stereocenters. The molecule has 0 fully saturated rings. The molecule has 1 aliphatic rings. The van der Waals surface area contributed by atoms with Crippen LogP contribution in [0, 0.1) is 0 Å². The van der Waals surface area contributed by atoms with Gasteiger partial charge in [0.05, 0.1) is 26.6 Å². The van der Waals surface area contributed by atoms with Crippen LogP contribution in [-0.4, -0.2) is 15.8 Å². The van der Waals surface area contributed by atoms with E-state index >= 15 is 0 Å². The Kier molecular flexibility index (Phi) is 4.65. The van der Waals surface area contributed by atoms with E-state index in [9.17, 15) is 4.79 Å². The zero-order valence-corrected chi connectivity index (χ0v) is 17.1. The summed E-state index contributed by atoms with van der Waals surface area (Å²) in [6.45, 7) is 0. The van der Waals surface area contributed by atoms with Crippen LogP contribution in [0.3, 0.4) is 0 Å². The lowest BCUT2D eigenvalue weighted by Gasteiger charge is -2.05. The Morgan fingerprint density at radius 2 is 1.76 bits per heavy atom. The number of carbonyl (C=O) groups is 1. The molecule has 1 aromatic heterocycles. The molecule has 0 saturated heterocycles. The minimum atomic E-state index is 0.0942. The fourth-order valence-corrected chi connectivity index (χ4v) is 4.62. The molecule has 5 heteroatoms. The Labute approximate surface area is 178 Å². The summed E-state index contributed by atoms with van der Waals surface area (Å²) in [7, 11) is 0. The molecular formula is C24H18Cl2N2O. The summed E-state index contributed by atoms with van der Waals surface area (Å²) in [6, 6.07) is 17.3. The minimum Gasteiger partial charge on any atom is -0.338 e. The number of carbonyl (C=O) groups excluding carboxylic acids is 1. The van der Waals surface area contributed by atoms with Gasteiger partial charge < -0.3 is 4.98 Å². The first-order valence-corrected chi connectivity index (χ1v) is 10.4. The second-order valence-corrected chi connectivity index (χ2v) is 8.28. The van der Waals surface area contributed by atoms with Gasteiger partial charge in [0.25, 0.3) is 0 Å². The van der Waals surface area contributed by atoms with Gasteiger partial charge in [-0.2, -0.15) is 0 Å². The van der Waals surface area contributed by atoms with Crippen LogP contribution >= 0.6 is 23.2 Å². The van der Waals surface area contributed by atoms with Crippen LogP contribution < -0.4 is 0 Å². The number of benzene rings is 3. The number of aromatic nitrogens is 2. The number of aryl methyl sites for hydroxylation is 2. The van der Waals surface area contributed by atoms with Crippen molar-refractivity contribution in [2.45, 2.75) is 25.7 Å². The first-order valence-electron chi connectivity index (χ1n) is 9.66. The number of nitrogens with one attached hydrogen (secondary N) is 1. The highest BCUT2D eigenvalue weighted by Gasteiger charge is 2.16. The average molecular weight is 421 g/mol. The Morgan fingerprint density at radius 3 is 2.59 bits per heavy atom. The number of Topliss-reactive ketones (excluding diaryl/α,β-unsaturated/α-hetero) is 1. The topological polar surface area (TPSA) is 45.8 Å². The minimum absolute atomic E-state index is 0.0942. The molecule has 29 heavy (non-hydrogen) atoms. The lowest BCUT2D eigenvalue weighted by molar-refractivity contribution is 0.0993. The molecule has 0 bridgehead atoms. The number of imidazole rings is 1. The molecule has 0 aliphatic heterocycles. The molecule has 1 N–H and O–H groups in total. The number of hydrogen-bond acceptors (Lipinski definition) is 2. The van der Waals surface area contributed by atoms with Crippen molar-refractivity contribution in [1.82, 2.24) is 9.97 Å². The molecule has 0 amide bonds. The van der Waals surface area contributed by atoms with Crippen molar-refractivity contribution < 1.29 is 4.79 Å². The molecule has 1 heterocycles. The molecule has 144 valence electrons. The van der Waals surface area contributed by atoms with Gasteiger partial charge in [0, 0.05) is 12.0 Å². The van der Waals surface area contributed by atoms with Crippen LogP contribution in [0.1, 0.15) is 33.5 Å². The largest absolute Gasteiger partial charge is 0.338 e. The van der Waals surface area contributed by atoms with Gasteiger partial charge in [-0.25, -0.2) is 4.98 Å². The van der Waals surface area contributed by atoms with Gasteiger partial charge in [-0.3, -0.25) is 4.79 Å². The molecule has 3 nitrogen and oxygen atoms in total. The first kappa shape index (κ1) is 18.4. The number of rotatable bonds is 4. The zero-order chi connectivity index (χ0) is 20.0. The van der Waals surface area contributed by atoms with Crippen molar-refractivity contribution in [3.63, 3.8) is 0 Å². The first-order chi connectivity index (χ1) is 14.1. The van der Waals surface area contributed by atoms with E-state index in [0.717, 1.165) is 29.4 Å². The summed E-state index contributed by atoms with van der Waals surface area (Å²) in [5.41, 5.74) is 6.77. The van der Waals surface area contributed by atoms with E-state index < -0.39 is 0 Å². The maximum Gasteiger partial charge on any atom is 0.167 e. The molecule has 0 unspecified atom stereocenters. The predicted octanol–water partition coefficient (Wildman–Crippen LogP) is 6.45. The van der Waals surface area contributed by atoms with Gasteiger partial charge in [0.1, 0.15) is 5.82 Å². The van der Waals surface area contributed by atoms with Gasteiger partial charge in [-0.05, 0) is 66.3 Å². The number of nitrogens with zero attached hydrogens (tertiary/aromatic N) is 1. The number of ketones is 1. The van der Waals surface area contributed by atoms with Crippen LogP contribution in [0.5, 0.6) is 0 Å². The summed E-state index contributed by atoms with van der Waals surface area (Å²) < 4.78 is 0. The van der Waals surface area contributed by atoms with Gasteiger partial charge in [-0.15, -0.1) is 0 Å². The molecule has 0 radical (unpaired) electrons. The monoisotopic (exact) mass is 420 g/mol. The fraction of sp³-hybridized carbons (Fsp3) is 0.167. The van der Waals surface area contributed by atoms with Crippen LogP contribution in [-0.2, 0) is 19.3 Å². The zero-order valence-electron chi connectivity index (χ0n) is 15.6. The molecule has 3 aromatic carbocycles. The van der Waals surface area contributed by atoms with Gasteiger partial charge >= 0.3 is 0 Å². The molecule has 4 aromatic rings. The second kappa shape index (κ2) is 7.33. The van der Waals surface area contributed by atoms with E-state index in [1.807, 2.05) is 18.2 Å². The van der Waals surface area contributed by atoms with Gasteiger partial charge in [0.15, 0.2) is 5.78 Å². The van der Waals surface area contributed by atoms with Crippen LogP contribution in [0.2, 0.25) is 10.0 Å². The van der Waals surface area contributed by atoms with Crippen molar-refractivity contribution in [3.05, 3.63) is 86.9 Å². The van der Waals surface area contributed by atoms with Crippen molar-refractivity contribution in [2.24, 2.45) is 0 Å². The molecule has 0 spiro atoms. The summed E-state index contributed by atoms with van der Waals surface area (Å²) >= 11 is 12.6. The molecule has 5 rings (SSSR count). The number of halogens is 2. The standard InChI is InChI=1S/C24H18Cl2N2O/c25-18-5-2-6-19(26)23(18)24-27-20-10-9-17(13-21(20)28-24)22(29)12-14-7-8-15-3-1-4-16(15)11-14/h2,5-11,13H,1,3-4,12H2,(H,27,28). The maximum absolute atomic E-state index is 12.9. The quantitative estimate of drug-likeness (QED) is 0.385. The highest BCUT2D eigenvalue weighted by molar-refractivity contribution is 6.39. The van der Waals surface area contributed by atoms with Crippen molar-refractivity contribution in [2.75, 3.05) is 0 Å². The fourth-order valence-electron chi connectivity index (χ4n) is 4.05. The van der Waals surface area contributed by atoms with Gasteiger partial charge in [0.2, 0.25) is 0 Å². The smallest absolute Gasteiger partial charge is 0.167 e. The van der Waals surface area contributed by atoms with E-state index in [-0.39, 0.29) is 5.78 Å². The number of fused-ring (bicyclic) bond motifs is 2. The molecule has 1 aliphatic carbocycles. The number of aromatic amines is 1. The highest BCUT2D eigenvalue weighted by atomic mass is 35.5. The third kappa shape index (κ3) is 3.45. The summed E-state index contributed by atoms with van der Waals surface area (Å²) in [5, 5.41) is 1.06. The second-order valence-electron chi connectivity index (χ2n) is 7.47. The Hall–Kier alpha value is -2.62. The van der Waals surface area contributed by atoms with Crippen LogP contribution in [0.4, 0.5) is 0 Å². The van der Waals surface area contributed by atoms with E-state index in [1.165, 1.54) is 17.5 Å². The Balaban J connectivity index is 1.44. The van der Waals surface area contributed by atoms with Crippen molar-refractivity contribution >= 4 is 40.0 Å². The molecule has 0 saturated carbocycles. The van der Waals surface area contributed by atoms with Crippen molar-refractivity contribution in [3.8, 4) is 11.4 Å².